The first-order valence-electron chi connectivity index (χ1n) is 13.5. The summed E-state index contributed by atoms with van der Waals surface area (Å²) in [4.78, 5) is 50.1. The third-order valence-corrected chi connectivity index (χ3v) is 6.55. The summed E-state index contributed by atoms with van der Waals surface area (Å²) in [5, 5.41) is 14.2. The number of hydrogen-bond acceptors (Lipinski definition) is 9. The summed E-state index contributed by atoms with van der Waals surface area (Å²) in [6.45, 7) is -1.82. The van der Waals surface area contributed by atoms with E-state index in [4.69, 9.17) is 19.3 Å². The van der Waals surface area contributed by atoms with Crippen molar-refractivity contribution >= 4 is 29.8 Å². The number of alkyl halides is 3. The van der Waals surface area contributed by atoms with Gasteiger partial charge in [0, 0.05) is 36.7 Å². The van der Waals surface area contributed by atoms with Crippen LogP contribution >= 0.6 is 0 Å². The lowest BCUT2D eigenvalue weighted by Gasteiger charge is -2.30. The fourth-order valence-corrected chi connectivity index (χ4v) is 4.50. The Kier molecular flexibility index (Phi) is 10.9. The van der Waals surface area contributed by atoms with Gasteiger partial charge in [-0.2, -0.15) is 13.2 Å². The second-order valence-electron chi connectivity index (χ2n) is 9.73. The fourth-order valence-electron chi connectivity index (χ4n) is 4.50. The van der Waals surface area contributed by atoms with E-state index in [0.29, 0.717) is 11.1 Å². The van der Waals surface area contributed by atoms with Crippen LogP contribution in [0.3, 0.4) is 0 Å². The molecule has 2 aliphatic rings. The first-order chi connectivity index (χ1) is 21.0. The Morgan fingerprint density at radius 1 is 1.02 bits per heavy atom. The predicted molar refractivity (Wildman–Crippen MR) is 147 cm³/mol. The summed E-state index contributed by atoms with van der Waals surface area (Å²) >= 11 is 0. The van der Waals surface area contributed by atoms with Crippen LogP contribution in [-0.2, 0) is 35.1 Å². The van der Waals surface area contributed by atoms with Gasteiger partial charge in [-0.25, -0.2) is 9.59 Å². The first kappa shape index (κ1) is 32.4. The lowest BCUT2D eigenvalue weighted by Crippen LogP contribution is -2.43. The lowest BCUT2D eigenvalue weighted by molar-refractivity contribution is -0.182. The Balaban J connectivity index is 1.40. The number of nitrogens with one attached hydrogen (secondary N) is 2. The number of halogens is 3. The molecule has 0 radical (unpaired) electrons. The molecule has 1 aliphatic carbocycles. The van der Waals surface area contributed by atoms with Gasteiger partial charge in [-0.15, -0.1) is 0 Å². The number of benzene rings is 2. The van der Waals surface area contributed by atoms with E-state index in [1.165, 1.54) is 12.1 Å². The van der Waals surface area contributed by atoms with Gasteiger partial charge < -0.3 is 34.7 Å². The van der Waals surface area contributed by atoms with Gasteiger partial charge in [0.1, 0.15) is 25.1 Å². The van der Waals surface area contributed by atoms with E-state index in [-0.39, 0.29) is 55.5 Å². The van der Waals surface area contributed by atoms with Gasteiger partial charge in [0.25, 0.3) is 5.91 Å². The number of aliphatic hydroxyl groups excluding tert-OH is 1. The van der Waals surface area contributed by atoms with Gasteiger partial charge in [-0.1, -0.05) is 30.3 Å². The number of hydrogen-bond donors (Lipinski definition) is 3. The highest BCUT2D eigenvalue weighted by Gasteiger charge is 2.42. The van der Waals surface area contributed by atoms with E-state index in [1.54, 1.807) is 42.5 Å². The summed E-state index contributed by atoms with van der Waals surface area (Å²) in [7, 11) is 0. The van der Waals surface area contributed by atoms with E-state index in [1.807, 2.05) is 0 Å². The summed E-state index contributed by atoms with van der Waals surface area (Å²) in [6, 6.07) is 12.6. The normalized spacial score (nSPS) is 19.5. The molecule has 1 heterocycles. The maximum atomic E-state index is 13.2. The fraction of sp³-hybridized carbons (Fsp3) is 0.333. The molecule has 3 N–H and O–H groups in total. The molecule has 0 unspecified atom stereocenters. The van der Waals surface area contributed by atoms with Gasteiger partial charge in [0.2, 0.25) is 5.91 Å². The second-order valence-corrected chi connectivity index (χ2v) is 9.73. The van der Waals surface area contributed by atoms with E-state index >= 15 is 0 Å². The van der Waals surface area contributed by atoms with Crippen molar-refractivity contribution in [3.8, 4) is 0 Å². The quantitative estimate of drug-likeness (QED) is 0.255. The average molecular weight is 619 g/mol. The van der Waals surface area contributed by atoms with Gasteiger partial charge in [0.05, 0.1) is 12.2 Å². The highest BCUT2D eigenvalue weighted by Crippen LogP contribution is 2.31. The SMILES string of the molecule is O=C(C=Cc1ccccc1C(=O)O[C@@H]1CC(C(=O)NCc2cccc(C(=O)NCCO)c2)=C[C@H]2OCO[C@H]21)OCC(F)(F)F. The van der Waals surface area contributed by atoms with Crippen molar-refractivity contribution in [3.05, 3.63) is 88.5 Å². The zero-order valence-corrected chi connectivity index (χ0v) is 23.2. The summed E-state index contributed by atoms with van der Waals surface area (Å²) in [6.07, 6.45) is -3.46. The van der Waals surface area contributed by atoms with Crippen LogP contribution in [0.15, 0.2) is 66.3 Å². The zero-order chi connectivity index (χ0) is 31.7. The Morgan fingerprint density at radius 2 is 1.82 bits per heavy atom. The molecule has 0 aromatic heterocycles. The molecule has 1 saturated heterocycles. The van der Waals surface area contributed by atoms with Crippen molar-refractivity contribution in [2.24, 2.45) is 0 Å². The molecular formula is C30H29F3N2O9. The Morgan fingerprint density at radius 3 is 2.59 bits per heavy atom. The smallest absolute Gasteiger partial charge is 0.422 e. The number of amides is 2. The average Bonchev–Trinajstić information content (AvgIpc) is 3.49. The molecule has 1 aliphatic heterocycles. The number of ether oxygens (including phenoxy) is 4. The molecule has 14 heteroatoms. The molecule has 1 fully saturated rings. The maximum absolute atomic E-state index is 13.2. The van der Waals surface area contributed by atoms with Crippen LogP contribution in [0, 0.1) is 0 Å². The molecule has 4 rings (SSSR count). The Labute approximate surface area is 249 Å². The van der Waals surface area contributed by atoms with Gasteiger partial charge in [0.15, 0.2) is 6.61 Å². The van der Waals surface area contributed by atoms with Crippen molar-refractivity contribution < 1.29 is 56.4 Å². The van der Waals surface area contributed by atoms with Gasteiger partial charge in [-0.3, -0.25) is 9.59 Å². The Bertz CT molecular complexity index is 1440. The van der Waals surface area contributed by atoms with Crippen molar-refractivity contribution in [1.29, 1.82) is 0 Å². The third kappa shape index (κ3) is 8.99. The first-order valence-corrected chi connectivity index (χ1v) is 13.5. The minimum Gasteiger partial charge on any atom is -0.456 e. The summed E-state index contributed by atoms with van der Waals surface area (Å²) in [5.41, 5.74) is 1.51. The number of fused-ring (bicyclic) bond motifs is 1. The van der Waals surface area contributed by atoms with Crippen molar-refractivity contribution in [1.82, 2.24) is 10.6 Å². The predicted octanol–water partition coefficient (Wildman–Crippen LogP) is 2.44. The largest absolute Gasteiger partial charge is 0.456 e. The molecule has 234 valence electrons. The summed E-state index contributed by atoms with van der Waals surface area (Å²) in [5.74, 6) is -2.87. The minimum atomic E-state index is -4.68. The molecule has 44 heavy (non-hydrogen) atoms. The lowest BCUT2D eigenvalue weighted by atomic mass is 9.91. The van der Waals surface area contributed by atoms with Crippen molar-refractivity contribution in [2.45, 2.75) is 37.5 Å². The van der Waals surface area contributed by atoms with Crippen LogP contribution in [0.1, 0.15) is 38.3 Å². The zero-order valence-electron chi connectivity index (χ0n) is 23.2. The molecule has 2 aromatic carbocycles. The highest BCUT2D eigenvalue weighted by molar-refractivity contribution is 5.97. The molecule has 11 nitrogen and oxygen atoms in total. The molecule has 0 bridgehead atoms. The van der Waals surface area contributed by atoms with Crippen LogP contribution in [-0.4, -0.2) is 79.9 Å². The molecule has 3 atom stereocenters. The van der Waals surface area contributed by atoms with Crippen LogP contribution in [0.25, 0.3) is 6.08 Å². The van der Waals surface area contributed by atoms with Crippen molar-refractivity contribution in [2.75, 3.05) is 26.6 Å². The highest BCUT2D eigenvalue weighted by atomic mass is 19.4. The second kappa shape index (κ2) is 14.8. The number of aliphatic hydroxyl groups is 1. The molecule has 0 saturated carbocycles. The Hall–Kier alpha value is -4.53. The number of carbonyl (C=O) groups excluding carboxylic acids is 4. The van der Waals surface area contributed by atoms with E-state index in [0.717, 1.165) is 12.2 Å². The van der Waals surface area contributed by atoms with E-state index < -0.39 is 48.9 Å². The number of esters is 2. The third-order valence-electron chi connectivity index (χ3n) is 6.55. The van der Waals surface area contributed by atoms with Crippen LogP contribution in [0.5, 0.6) is 0 Å². The van der Waals surface area contributed by atoms with Crippen LogP contribution in [0.2, 0.25) is 0 Å². The van der Waals surface area contributed by atoms with Crippen LogP contribution in [0.4, 0.5) is 13.2 Å². The standard InChI is InChI=1S/C30H29F3N2O9/c31-30(32,33)16-41-25(37)9-8-19-5-1-2-7-22(19)29(40)44-24-14-21(13-23-26(24)43-17-42-23)28(39)35-15-18-4-3-6-20(12-18)27(38)34-10-11-36/h1-9,12-13,23-24,26,36H,10-11,14-17H2,(H,34,38)(H,35,39)/t23-,24-,26-/m1/s1. The molecule has 0 spiro atoms. The topological polar surface area (TPSA) is 149 Å². The molecular weight excluding hydrogens is 589 g/mol. The van der Waals surface area contributed by atoms with E-state index in [2.05, 4.69) is 15.4 Å². The van der Waals surface area contributed by atoms with Gasteiger partial charge >= 0.3 is 18.1 Å². The monoisotopic (exact) mass is 618 g/mol. The van der Waals surface area contributed by atoms with Gasteiger partial charge in [-0.05, 0) is 41.5 Å². The van der Waals surface area contributed by atoms with E-state index in [9.17, 15) is 32.3 Å². The van der Waals surface area contributed by atoms with Crippen molar-refractivity contribution in [3.63, 3.8) is 0 Å². The van der Waals surface area contributed by atoms with Crippen LogP contribution < -0.4 is 10.6 Å². The number of carbonyl (C=O) groups is 4. The molecule has 2 amide bonds. The minimum absolute atomic E-state index is 0.00647. The molecule has 2 aromatic rings. The summed E-state index contributed by atoms with van der Waals surface area (Å²) < 4.78 is 57.9. The number of rotatable bonds is 11. The maximum Gasteiger partial charge on any atom is 0.422 e.